The van der Waals surface area contributed by atoms with E-state index in [1.165, 1.54) is 6.20 Å². The second-order valence-electron chi connectivity index (χ2n) is 3.99. The molecule has 0 amide bonds. The summed E-state index contributed by atoms with van der Waals surface area (Å²) >= 11 is 7.71. The van der Waals surface area contributed by atoms with Gasteiger partial charge in [0, 0.05) is 9.77 Å². The molecule has 1 aromatic rings. The van der Waals surface area contributed by atoms with Gasteiger partial charge in [-0.05, 0) is 49.4 Å². The van der Waals surface area contributed by atoms with Gasteiger partial charge in [0.05, 0.1) is 5.56 Å². The number of carbonyl (C=O) groups is 1. The molecule has 1 rings (SSSR count). The Hall–Kier alpha value is -0.360. The molecule has 0 bridgehead atoms. The van der Waals surface area contributed by atoms with E-state index in [1.807, 2.05) is 43.4 Å². The topological polar surface area (TPSA) is 39.2 Å². The van der Waals surface area contributed by atoms with Crippen LogP contribution in [0.4, 0.5) is 0 Å². The lowest BCUT2D eigenvalue weighted by molar-refractivity contribution is 0.00679. The van der Waals surface area contributed by atoms with E-state index in [9.17, 15) is 4.79 Å². The van der Waals surface area contributed by atoms with Crippen LogP contribution in [0.2, 0.25) is 5.15 Å². The van der Waals surface area contributed by atoms with E-state index in [-0.39, 0.29) is 5.97 Å². The predicted octanol–water partition coefficient (Wildman–Crippen LogP) is 3.29. The number of pyridine rings is 1. The molecule has 0 radical (unpaired) electrons. The van der Waals surface area contributed by atoms with Crippen LogP contribution < -0.4 is 0 Å². The average Bonchev–Trinajstić information content (AvgIpc) is 1.99. The number of hydrogen-bond donors (Lipinski definition) is 0. The van der Waals surface area contributed by atoms with Crippen molar-refractivity contribution < 1.29 is 9.53 Å². The van der Waals surface area contributed by atoms with Gasteiger partial charge in [-0.15, -0.1) is 0 Å². The van der Waals surface area contributed by atoms with E-state index in [0.29, 0.717) is 10.7 Å². The van der Waals surface area contributed by atoms with Gasteiger partial charge in [0.25, 0.3) is 0 Å². The highest BCUT2D eigenvalue weighted by Crippen LogP contribution is 2.18. The largest absolute Gasteiger partial charge is 0.456 e. The van der Waals surface area contributed by atoms with Crippen LogP contribution in [-0.2, 0) is 4.74 Å². The van der Waals surface area contributed by atoms with Gasteiger partial charge in [0.2, 0.25) is 0 Å². The minimum atomic E-state index is -0.500. The third kappa shape index (κ3) is 3.95. The maximum atomic E-state index is 11.7. The van der Waals surface area contributed by atoms with Crippen molar-refractivity contribution in [1.82, 2.24) is 4.98 Å². The van der Waals surface area contributed by atoms with Crippen molar-refractivity contribution >= 4 is 40.2 Å². The van der Waals surface area contributed by atoms with Crippen LogP contribution in [0.25, 0.3) is 0 Å². The fourth-order valence-corrected chi connectivity index (χ4v) is 1.89. The van der Waals surface area contributed by atoms with E-state index in [0.717, 1.165) is 3.57 Å². The number of rotatable bonds is 1. The number of ether oxygens (including phenoxy) is 1. The number of hydrogen-bond acceptors (Lipinski definition) is 3. The molecular weight excluding hydrogens is 328 g/mol. The van der Waals surface area contributed by atoms with Crippen molar-refractivity contribution in [3.05, 3.63) is 26.5 Å². The maximum Gasteiger partial charge on any atom is 0.341 e. The monoisotopic (exact) mass is 339 g/mol. The summed E-state index contributed by atoms with van der Waals surface area (Å²) in [7, 11) is 0. The van der Waals surface area contributed by atoms with Crippen molar-refractivity contribution in [2.24, 2.45) is 0 Å². The molecular formula is C10H11ClINO2. The Balaban J connectivity index is 2.92. The number of esters is 1. The Morgan fingerprint density at radius 2 is 2.13 bits per heavy atom. The minimum Gasteiger partial charge on any atom is -0.456 e. The Bertz CT molecular complexity index is 387. The first-order valence-corrected chi connectivity index (χ1v) is 5.79. The molecule has 82 valence electrons. The zero-order valence-electron chi connectivity index (χ0n) is 8.67. The molecule has 0 aliphatic heterocycles. The standard InChI is InChI=1S/C10H11ClINO2/c1-10(2,3)15-9(14)6-5-13-8(11)4-7(6)12/h4-5H,1-3H3. The summed E-state index contributed by atoms with van der Waals surface area (Å²) in [6.07, 6.45) is 1.43. The first-order chi connectivity index (χ1) is 6.79. The Morgan fingerprint density at radius 1 is 1.53 bits per heavy atom. The average molecular weight is 340 g/mol. The number of halogens is 2. The molecule has 0 saturated carbocycles. The fourth-order valence-electron chi connectivity index (χ4n) is 0.891. The number of aromatic nitrogens is 1. The highest BCUT2D eigenvalue weighted by Gasteiger charge is 2.20. The lowest BCUT2D eigenvalue weighted by Crippen LogP contribution is -2.24. The summed E-state index contributed by atoms with van der Waals surface area (Å²) in [6, 6.07) is 1.63. The van der Waals surface area contributed by atoms with Crippen molar-refractivity contribution in [2.45, 2.75) is 26.4 Å². The SMILES string of the molecule is CC(C)(C)OC(=O)c1cnc(Cl)cc1I. The summed E-state index contributed by atoms with van der Waals surface area (Å²) in [4.78, 5) is 15.5. The van der Waals surface area contributed by atoms with Gasteiger partial charge >= 0.3 is 5.97 Å². The smallest absolute Gasteiger partial charge is 0.341 e. The first-order valence-electron chi connectivity index (χ1n) is 4.34. The third-order valence-electron chi connectivity index (χ3n) is 1.44. The molecule has 15 heavy (non-hydrogen) atoms. The third-order valence-corrected chi connectivity index (χ3v) is 2.54. The summed E-state index contributed by atoms with van der Waals surface area (Å²) < 4.78 is 5.96. The van der Waals surface area contributed by atoms with Gasteiger partial charge < -0.3 is 4.74 Å². The van der Waals surface area contributed by atoms with Gasteiger partial charge in [-0.3, -0.25) is 0 Å². The fraction of sp³-hybridized carbons (Fsp3) is 0.400. The van der Waals surface area contributed by atoms with Crippen LogP contribution in [0.1, 0.15) is 31.1 Å². The van der Waals surface area contributed by atoms with Crippen LogP contribution in [-0.4, -0.2) is 16.6 Å². The first kappa shape index (κ1) is 12.7. The van der Waals surface area contributed by atoms with Crippen LogP contribution >= 0.6 is 34.2 Å². The van der Waals surface area contributed by atoms with Crippen molar-refractivity contribution in [3.8, 4) is 0 Å². The second kappa shape index (κ2) is 4.65. The normalized spacial score (nSPS) is 11.3. The molecule has 0 spiro atoms. The highest BCUT2D eigenvalue weighted by atomic mass is 127. The zero-order chi connectivity index (χ0) is 11.6. The Morgan fingerprint density at radius 3 is 2.60 bits per heavy atom. The summed E-state index contributed by atoms with van der Waals surface area (Å²) in [5.74, 6) is -0.379. The summed E-state index contributed by atoms with van der Waals surface area (Å²) in [6.45, 7) is 5.46. The van der Waals surface area contributed by atoms with E-state index >= 15 is 0 Å². The summed E-state index contributed by atoms with van der Waals surface area (Å²) in [5, 5.41) is 0.367. The number of nitrogens with zero attached hydrogens (tertiary/aromatic N) is 1. The van der Waals surface area contributed by atoms with Crippen LogP contribution in [0.3, 0.4) is 0 Å². The van der Waals surface area contributed by atoms with E-state index in [2.05, 4.69) is 4.98 Å². The van der Waals surface area contributed by atoms with Gasteiger partial charge in [0.15, 0.2) is 0 Å². The minimum absolute atomic E-state index is 0.367. The molecule has 0 aliphatic rings. The van der Waals surface area contributed by atoms with Crippen LogP contribution in [0, 0.1) is 3.57 Å². The van der Waals surface area contributed by atoms with Crippen LogP contribution in [0.5, 0.6) is 0 Å². The molecule has 0 fully saturated rings. The van der Waals surface area contributed by atoms with Gasteiger partial charge in [-0.2, -0.15) is 0 Å². The Kier molecular flexibility index (Phi) is 3.94. The zero-order valence-corrected chi connectivity index (χ0v) is 11.6. The predicted molar refractivity (Wildman–Crippen MR) is 67.1 cm³/mol. The maximum absolute atomic E-state index is 11.7. The van der Waals surface area contributed by atoms with Gasteiger partial charge in [0.1, 0.15) is 10.8 Å². The molecule has 0 saturated heterocycles. The van der Waals surface area contributed by atoms with Crippen LogP contribution in [0.15, 0.2) is 12.3 Å². The van der Waals surface area contributed by atoms with Crippen molar-refractivity contribution in [2.75, 3.05) is 0 Å². The molecule has 3 nitrogen and oxygen atoms in total. The van der Waals surface area contributed by atoms with E-state index in [4.69, 9.17) is 16.3 Å². The molecule has 0 aliphatic carbocycles. The van der Waals surface area contributed by atoms with Gasteiger partial charge in [-0.25, -0.2) is 9.78 Å². The molecule has 0 unspecified atom stereocenters. The van der Waals surface area contributed by atoms with Gasteiger partial charge in [-0.1, -0.05) is 11.6 Å². The lowest BCUT2D eigenvalue weighted by atomic mass is 10.2. The van der Waals surface area contributed by atoms with Crippen molar-refractivity contribution in [3.63, 3.8) is 0 Å². The molecule has 5 heteroatoms. The highest BCUT2D eigenvalue weighted by molar-refractivity contribution is 14.1. The van der Waals surface area contributed by atoms with Crippen molar-refractivity contribution in [1.29, 1.82) is 0 Å². The van der Waals surface area contributed by atoms with E-state index in [1.54, 1.807) is 6.07 Å². The molecule has 1 aromatic heterocycles. The second-order valence-corrected chi connectivity index (χ2v) is 5.54. The van der Waals surface area contributed by atoms with E-state index < -0.39 is 5.60 Å². The molecule has 0 aromatic carbocycles. The number of carbonyl (C=O) groups excluding carboxylic acids is 1. The molecule has 0 atom stereocenters. The molecule has 0 N–H and O–H groups in total. The lowest BCUT2D eigenvalue weighted by Gasteiger charge is -2.19. The quantitative estimate of drug-likeness (QED) is 0.448. The Labute approximate surface area is 107 Å². The molecule has 1 heterocycles. The summed E-state index contributed by atoms with van der Waals surface area (Å²) in [5.41, 5.74) is -0.0605.